The number of carbonyl (C=O) groups is 1. The van der Waals surface area contributed by atoms with Crippen molar-refractivity contribution in [2.45, 2.75) is 24.3 Å². The first-order valence-corrected chi connectivity index (χ1v) is 10.6. The van der Waals surface area contributed by atoms with Gasteiger partial charge >= 0.3 is 0 Å². The molecule has 7 nitrogen and oxygen atoms in total. The van der Waals surface area contributed by atoms with Gasteiger partial charge in [-0.3, -0.25) is 19.4 Å². The minimum atomic E-state index is -3.71. The van der Waals surface area contributed by atoms with E-state index in [2.05, 4.69) is 15.0 Å². The molecular weight excluding hydrogens is 376 g/mol. The number of carbonyl (C=O) groups excluding carboxylic acids is 1. The van der Waals surface area contributed by atoms with Gasteiger partial charge in [0, 0.05) is 25.2 Å². The molecule has 8 heteroatoms. The van der Waals surface area contributed by atoms with Gasteiger partial charge in [0.05, 0.1) is 11.4 Å². The maximum Gasteiger partial charge on any atom is 0.262 e. The summed E-state index contributed by atoms with van der Waals surface area (Å²) in [5, 5.41) is 2.76. The second-order valence-corrected chi connectivity index (χ2v) is 8.45. The number of nitrogens with zero attached hydrogens (tertiary/aromatic N) is 2. The second-order valence-electron chi connectivity index (χ2n) is 6.77. The van der Waals surface area contributed by atoms with Gasteiger partial charge in [0.1, 0.15) is 5.84 Å². The van der Waals surface area contributed by atoms with Crippen molar-refractivity contribution in [3.8, 4) is 0 Å². The second kappa shape index (κ2) is 8.99. The van der Waals surface area contributed by atoms with Crippen molar-refractivity contribution in [1.29, 1.82) is 0 Å². The largest absolute Gasteiger partial charge is 0.325 e. The fourth-order valence-corrected chi connectivity index (χ4v) is 4.11. The first-order valence-electron chi connectivity index (χ1n) is 9.11. The quantitative estimate of drug-likeness (QED) is 0.746. The molecule has 0 saturated carbocycles. The maximum atomic E-state index is 12.5. The highest BCUT2D eigenvalue weighted by atomic mass is 32.2. The van der Waals surface area contributed by atoms with E-state index in [1.807, 2.05) is 42.3 Å². The number of hydrogen-bond donors (Lipinski definition) is 2. The van der Waals surface area contributed by atoms with Crippen LogP contribution >= 0.6 is 0 Å². The Morgan fingerprint density at radius 2 is 1.93 bits per heavy atom. The van der Waals surface area contributed by atoms with Gasteiger partial charge in [0.15, 0.2) is 0 Å². The number of amides is 1. The fourth-order valence-electron chi connectivity index (χ4n) is 2.97. The molecule has 1 aliphatic rings. The predicted octanol–water partition coefficient (Wildman–Crippen LogP) is 2.23. The Hall–Kier alpha value is -2.71. The lowest BCUT2D eigenvalue weighted by molar-refractivity contribution is -0.117. The van der Waals surface area contributed by atoms with Crippen molar-refractivity contribution in [2.75, 3.05) is 25.5 Å². The van der Waals surface area contributed by atoms with E-state index < -0.39 is 10.0 Å². The van der Waals surface area contributed by atoms with E-state index in [1.54, 1.807) is 12.1 Å². The van der Waals surface area contributed by atoms with Crippen molar-refractivity contribution < 1.29 is 13.2 Å². The van der Waals surface area contributed by atoms with Gasteiger partial charge in [0.25, 0.3) is 10.0 Å². The normalized spacial score (nSPS) is 14.0. The predicted molar refractivity (Wildman–Crippen MR) is 110 cm³/mol. The zero-order valence-corrected chi connectivity index (χ0v) is 16.6. The van der Waals surface area contributed by atoms with Crippen LogP contribution in [0.2, 0.25) is 0 Å². The third kappa shape index (κ3) is 5.64. The summed E-state index contributed by atoms with van der Waals surface area (Å²) in [5.74, 6) is 0.276. The topological polar surface area (TPSA) is 90.9 Å². The number of anilines is 1. The monoisotopic (exact) mass is 400 g/mol. The lowest BCUT2D eigenvalue weighted by atomic mass is 10.2. The number of benzene rings is 2. The van der Waals surface area contributed by atoms with Gasteiger partial charge in [-0.1, -0.05) is 36.4 Å². The molecule has 1 aliphatic heterocycles. The Morgan fingerprint density at radius 3 is 2.64 bits per heavy atom. The van der Waals surface area contributed by atoms with Gasteiger partial charge in [-0.05, 0) is 37.2 Å². The molecule has 2 N–H and O–H groups in total. The van der Waals surface area contributed by atoms with Crippen molar-refractivity contribution in [3.05, 3.63) is 60.2 Å². The molecule has 0 unspecified atom stereocenters. The Balaban J connectivity index is 1.59. The van der Waals surface area contributed by atoms with Crippen LogP contribution in [0.25, 0.3) is 0 Å². The van der Waals surface area contributed by atoms with Crippen LogP contribution in [-0.2, 0) is 21.4 Å². The molecule has 0 radical (unpaired) electrons. The van der Waals surface area contributed by atoms with Gasteiger partial charge in [-0.25, -0.2) is 8.42 Å². The van der Waals surface area contributed by atoms with E-state index >= 15 is 0 Å². The van der Waals surface area contributed by atoms with Crippen LogP contribution in [-0.4, -0.2) is 45.2 Å². The maximum absolute atomic E-state index is 12.5. The van der Waals surface area contributed by atoms with Crippen LogP contribution in [0.1, 0.15) is 18.4 Å². The van der Waals surface area contributed by atoms with Gasteiger partial charge in [-0.2, -0.15) is 0 Å². The molecule has 0 aliphatic carbocycles. The summed E-state index contributed by atoms with van der Waals surface area (Å²) < 4.78 is 27.5. The number of hydrogen-bond acceptors (Lipinski definition) is 5. The number of sulfonamides is 1. The molecule has 0 aromatic heterocycles. The third-order valence-corrected chi connectivity index (χ3v) is 5.64. The van der Waals surface area contributed by atoms with Crippen LogP contribution in [0.5, 0.6) is 0 Å². The summed E-state index contributed by atoms with van der Waals surface area (Å²) in [6.45, 7) is 1.49. The molecule has 2 aromatic rings. The van der Waals surface area contributed by atoms with E-state index in [4.69, 9.17) is 0 Å². The third-order valence-electron chi connectivity index (χ3n) is 4.26. The SMILES string of the molecule is CN(CC(=O)Nc1cccc(S(=O)(=O)NC2=NCCC2)c1)Cc1ccccc1. The molecule has 0 bridgehead atoms. The molecule has 0 fully saturated rings. The number of nitrogens with one attached hydrogen (secondary N) is 2. The van der Waals surface area contributed by atoms with Crippen molar-refractivity contribution in [2.24, 2.45) is 4.99 Å². The molecule has 3 rings (SSSR count). The summed E-state index contributed by atoms with van der Waals surface area (Å²) in [4.78, 5) is 18.4. The van der Waals surface area contributed by atoms with Crippen LogP contribution < -0.4 is 10.0 Å². The smallest absolute Gasteiger partial charge is 0.262 e. The fraction of sp³-hybridized carbons (Fsp3) is 0.300. The Labute approximate surface area is 165 Å². The Bertz CT molecular complexity index is 958. The van der Waals surface area contributed by atoms with Crippen LogP contribution in [0, 0.1) is 0 Å². The van der Waals surface area contributed by atoms with E-state index in [-0.39, 0.29) is 17.3 Å². The number of rotatable bonds is 7. The minimum absolute atomic E-state index is 0.0949. The summed E-state index contributed by atoms with van der Waals surface area (Å²) in [5.41, 5.74) is 1.56. The van der Waals surface area contributed by atoms with Crippen molar-refractivity contribution in [3.63, 3.8) is 0 Å². The highest BCUT2D eigenvalue weighted by Crippen LogP contribution is 2.16. The zero-order chi connectivity index (χ0) is 20.0. The lowest BCUT2D eigenvalue weighted by Crippen LogP contribution is -2.30. The van der Waals surface area contributed by atoms with Crippen molar-refractivity contribution in [1.82, 2.24) is 9.62 Å². The van der Waals surface area contributed by atoms with E-state index in [0.29, 0.717) is 31.0 Å². The Morgan fingerprint density at radius 1 is 1.14 bits per heavy atom. The highest BCUT2D eigenvalue weighted by Gasteiger charge is 2.19. The summed E-state index contributed by atoms with van der Waals surface area (Å²) in [7, 11) is -1.85. The summed E-state index contributed by atoms with van der Waals surface area (Å²) >= 11 is 0. The number of aliphatic imine (C=N–C) groups is 1. The molecular formula is C20H24N4O3S. The van der Waals surface area contributed by atoms with Gasteiger partial charge in [-0.15, -0.1) is 0 Å². The molecule has 0 atom stereocenters. The molecule has 0 saturated heterocycles. The number of likely N-dealkylation sites (N-methyl/N-ethyl adjacent to an activating group) is 1. The van der Waals surface area contributed by atoms with E-state index in [9.17, 15) is 13.2 Å². The number of amidine groups is 1. The molecule has 1 amide bonds. The van der Waals surface area contributed by atoms with Gasteiger partial charge in [0.2, 0.25) is 5.91 Å². The lowest BCUT2D eigenvalue weighted by Gasteiger charge is -2.16. The van der Waals surface area contributed by atoms with E-state index in [0.717, 1.165) is 12.0 Å². The first-order chi connectivity index (χ1) is 13.4. The molecule has 0 spiro atoms. The summed E-state index contributed by atoms with van der Waals surface area (Å²) in [6.07, 6.45) is 1.48. The average Bonchev–Trinajstić information content (AvgIpc) is 3.15. The summed E-state index contributed by atoms with van der Waals surface area (Å²) in [6, 6.07) is 16.1. The van der Waals surface area contributed by atoms with Gasteiger partial charge < -0.3 is 5.32 Å². The minimum Gasteiger partial charge on any atom is -0.325 e. The van der Waals surface area contributed by atoms with Crippen molar-refractivity contribution >= 4 is 27.5 Å². The molecule has 2 aromatic carbocycles. The molecule has 1 heterocycles. The van der Waals surface area contributed by atoms with Crippen LogP contribution in [0.3, 0.4) is 0 Å². The van der Waals surface area contributed by atoms with Crippen LogP contribution in [0.15, 0.2) is 64.5 Å². The molecule has 28 heavy (non-hydrogen) atoms. The van der Waals surface area contributed by atoms with E-state index in [1.165, 1.54) is 12.1 Å². The first kappa shape index (κ1) is 20.0. The average molecular weight is 401 g/mol. The molecule has 148 valence electrons. The highest BCUT2D eigenvalue weighted by molar-refractivity contribution is 7.90. The van der Waals surface area contributed by atoms with Crippen LogP contribution in [0.4, 0.5) is 5.69 Å². The standard InChI is InChI=1S/C20H24N4O3S/c1-24(14-16-7-3-2-4-8-16)15-20(25)22-17-9-5-10-18(13-17)28(26,27)23-19-11-6-12-21-19/h2-5,7-10,13H,6,11-12,14-15H2,1H3,(H,21,23)(H,22,25). The Kier molecular flexibility index (Phi) is 6.43. The zero-order valence-electron chi connectivity index (χ0n) is 15.8.